The molecule has 3 rings (SSSR count). The van der Waals surface area contributed by atoms with E-state index in [0.717, 1.165) is 16.7 Å². The van der Waals surface area contributed by atoms with Crippen molar-refractivity contribution in [2.24, 2.45) is 5.73 Å². The summed E-state index contributed by atoms with van der Waals surface area (Å²) in [5, 5.41) is 0.437. The Morgan fingerprint density at radius 2 is 2.08 bits per heavy atom. The minimum atomic E-state index is -0.568. The lowest BCUT2D eigenvalue weighted by molar-refractivity contribution is -0.117. The lowest BCUT2D eigenvalue weighted by atomic mass is 10.0. The minimum Gasteiger partial charge on any atom is -0.489 e. The molecule has 1 aliphatic rings. The number of ether oxygens (including phenoxy) is 2. The summed E-state index contributed by atoms with van der Waals surface area (Å²) in [7, 11) is 0. The largest absolute Gasteiger partial charge is 0.489 e. The highest BCUT2D eigenvalue weighted by Crippen LogP contribution is 2.24. The second-order valence-corrected chi connectivity index (χ2v) is 5.79. The van der Waals surface area contributed by atoms with Gasteiger partial charge in [-0.2, -0.15) is 0 Å². The molecule has 0 fully saturated rings. The molecular weight excluding hydrogens is 340 g/mol. The van der Waals surface area contributed by atoms with Gasteiger partial charge in [0.05, 0.1) is 6.61 Å². The highest BCUT2D eigenvalue weighted by atomic mass is 35.5. The molecule has 1 aromatic heterocycles. The van der Waals surface area contributed by atoms with E-state index in [0.29, 0.717) is 30.5 Å². The van der Waals surface area contributed by atoms with E-state index in [2.05, 4.69) is 4.98 Å². The first kappa shape index (κ1) is 17.0. The van der Waals surface area contributed by atoms with Crippen LogP contribution >= 0.6 is 11.6 Å². The zero-order chi connectivity index (χ0) is 17.6. The van der Waals surface area contributed by atoms with Crippen LogP contribution in [0.15, 0.2) is 60.5 Å². The highest BCUT2D eigenvalue weighted by Gasteiger charge is 2.12. The van der Waals surface area contributed by atoms with Crippen molar-refractivity contribution >= 4 is 23.1 Å². The zero-order valence-electron chi connectivity index (χ0n) is 13.4. The van der Waals surface area contributed by atoms with Crippen molar-refractivity contribution in [3.8, 4) is 5.75 Å². The van der Waals surface area contributed by atoms with E-state index in [9.17, 15) is 4.79 Å². The van der Waals surface area contributed by atoms with Crippen LogP contribution in [0.5, 0.6) is 5.75 Å². The monoisotopic (exact) mass is 356 g/mol. The van der Waals surface area contributed by atoms with Crippen LogP contribution in [0.25, 0.3) is 5.57 Å². The van der Waals surface area contributed by atoms with Crippen LogP contribution in [0.3, 0.4) is 0 Å². The molecule has 1 aliphatic heterocycles. The minimum absolute atomic E-state index is 0.176. The third-order valence-electron chi connectivity index (χ3n) is 3.69. The Morgan fingerprint density at radius 3 is 2.80 bits per heavy atom. The number of carbonyl (C=O) groups is 1. The van der Waals surface area contributed by atoms with Crippen molar-refractivity contribution < 1.29 is 14.3 Å². The van der Waals surface area contributed by atoms with Crippen LogP contribution in [-0.2, 0) is 16.1 Å². The van der Waals surface area contributed by atoms with E-state index in [1.54, 1.807) is 12.3 Å². The first-order chi connectivity index (χ1) is 12.1. The van der Waals surface area contributed by atoms with Crippen molar-refractivity contribution in [1.82, 2.24) is 4.98 Å². The van der Waals surface area contributed by atoms with Gasteiger partial charge in [-0.05, 0) is 35.4 Å². The van der Waals surface area contributed by atoms with Gasteiger partial charge < -0.3 is 15.2 Å². The fourth-order valence-electron chi connectivity index (χ4n) is 2.40. The molecular formula is C19H17ClN2O3. The number of carbonyl (C=O) groups excluding carboxylic acids is 1. The molecule has 2 heterocycles. The van der Waals surface area contributed by atoms with Gasteiger partial charge in [-0.1, -0.05) is 35.9 Å². The summed E-state index contributed by atoms with van der Waals surface area (Å²) >= 11 is 6.02. The maximum absolute atomic E-state index is 11.4. The fourth-order valence-corrected chi connectivity index (χ4v) is 2.57. The number of hydrogen-bond acceptors (Lipinski definition) is 4. The number of primary amides is 1. The van der Waals surface area contributed by atoms with Gasteiger partial charge >= 0.3 is 0 Å². The first-order valence-corrected chi connectivity index (χ1v) is 8.18. The summed E-state index contributed by atoms with van der Waals surface area (Å²) < 4.78 is 11.1. The van der Waals surface area contributed by atoms with E-state index < -0.39 is 5.91 Å². The molecule has 2 aromatic rings. The molecule has 1 aromatic carbocycles. The Labute approximate surface area is 150 Å². The van der Waals surface area contributed by atoms with Gasteiger partial charge in [-0.15, -0.1) is 0 Å². The van der Waals surface area contributed by atoms with Crippen molar-refractivity contribution in [3.63, 3.8) is 0 Å². The number of rotatable bonds is 5. The molecule has 25 heavy (non-hydrogen) atoms. The third-order valence-corrected chi connectivity index (χ3v) is 4.03. The number of allylic oxidation sites excluding steroid dienone is 2. The van der Waals surface area contributed by atoms with Crippen LogP contribution < -0.4 is 10.5 Å². The van der Waals surface area contributed by atoms with Gasteiger partial charge in [0.2, 0.25) is 0 Å². The SMILES string of the molecule is NC(=O)C1=CC(c2ccc(OCc3cccnc3Cl)cc2)=CCCO1. The van der Waals surface area contributed by atoms with E-state index in [4.69, 9.17) is 26.8 Å². The summed E-state index contributed by atoms with van der Waals surface area (Å²) in [5.41, 5.74) is 7.99. The van der Waals surface area contributed by atoms with Crippen LogP contribution in [0.4, 0.5) is 0 Å². The van der Waals surface area contributed by atoms with Crippen molar-refractivity contribution in [3.05, 3.63) is 76.8 Å². The smallest absolute Gasteiger partial charge is 0.283 e. The summed E-state index contributed by atoms with van der Waals surface area (Å²) in [6.45, 7) is 0.777. The lowest BCUT2D eigenvalue weighted by Crippen LogP contribution is -2.16. The fraction of sp³-hybridized carbons (Fsp3) is 0.158. The van der Waals surface area contributed by atoms with Gasteiger partial charge in [-0.25, -0.2) is 4.98 Å². The van der Waals surface area contributed by atoms with E-state index in [-0.39, 0.29) is 5.76 Å². The standard InChI is InChI=1S/C19H17ClN2O3/c20-18-15(3-1-9-22-18)12-25-16-7-5-13(6-8-16)14-4-2-10-24-17(11-14)19(21)23/h1,3-9,11H,2,10,12H2,(H2,21,23). The van der Waals surface area contributed by atoms with Gasteiger partial charge in [0.15, 0.2) is 5.76 Å². The molecule has 0 bridgehead atoms. The van der Waals surface area contributed by atoms with Gasteiger partial charge in [0.1, 0.15) is 17.5 Å². The van der Waals surface area contributed by atoms with E-state index in [1.807, 2.05) is 42.5 Å². The molecule has 6 heteroatoms. The molecule has 0 unspecified atom stereocenters. The number of hydrogen-bond donors (Lipinski definition) is 1. The Kier molecular flexibility index (Phi) is 5.36. The molecule has 5 nitrogen and oxygen atoms in total. The molecule has 0 aliphatic carbocycles. The van der Waals surface area contributed by atoms with Crippen LogP contribution in [0.2, 0.25) is 5.15 Å². The molecule has 0 saturated carbocycles. The predicted octanol–water partition coefficient (Wildman–Crippen LogP) is 3.49. The third kappa shape index (κ3) is 4.39. The average molecular weight is 357 g/mol. The molecule has 128 valence electrons. The number of pyridine rings is 1. The van der Waals surface area contributed by atoms with Gasteiger partial charge in [-0.3, -0.25) is 4.79 Å². The topological polar surface area (TPSA) is 74.4 Å². The maximum atomic E-state index is 11.4. The molecule has 1 amide bonds. The number of nitrogens with zero attached hydrogens (tertiary/aromatic N) is 1. The summed E-state index contributed by atoms with van der Waals surface area (Å²) in [5.74, 6) is 0.324. The second kappa shape index (κ2) is 7.85. The summed E-state index contributed by atoms with van der Waals surface area (Å²) in [6, 6.07) is 11.3. The normalized spacial score (nSPS) is 14.0. The molecule has 0 atom stereocenters. The molecule has 2 N–H and O–H groups in total. The van der Waals surface area contributed by atoms with Gasteiger partial charge in [0.25, 0.3) is 5.91 Å². The van der Waals surface area contributed by atoms with Crippen LogP contribution in [-0.4, -0.2) is 17.5 Å². The number of amides is 1. The Hall–Kier alpha value is -2.79. The number of aromatic nitrogens is 1. The van der Waals surface area contributed by atoms with Crippen LogP contribution in [0, 0.1) is 0 Å². The van der Waals surface area contributed by atoms with Crippen molar-refractivity contribution in [1.29, 1.82) is 0 Å². The van der Waals surface area contributed by atoms with Crippen molar-refractivity contribution in [2.75, 3.05) is 6.61 Å². The summed E-state index contributed by atoms with van der Waals surface area (Å²) in [6.07, 6.45) is 6.03. The Bertz CT molecular complexity index is 829. The Balaban J connectivity index is 1.71. The predicted molar refractivity (Wildman–Crippen MR) is 95.8 cm³/mol. The number of halogens is 1. The highest BCUT2D eigenvalue weighted by molar-refractivity contribution is 6.30. The molecule has 0 spiro atoms. The zero-order valence-corrected chi connectivity index (χ0v) is 14.2. The average Bonchev–Trinajstić information content (AvgIpc) is 2.88. The van der Waals surface area contributed by atoms with Gasteiger partial charge in [0, 0.05) is 18.2 Å². The van der Waals surface area contributed by atoms with Crippen molar-refractivity contribution in [2.45, 2.75) is 13.0 Å². The first-order valence-electron chi connectivity index (χ1n) is 7.80. The molecule has 0 radical (unpaired) electrons. The maximum Gasteiger partial charge on any atom is 0.283 e. The van der Waals surface area contributed by atoms with Crippen LogP contribution in [0.1, 0.15) is 17.5 Å². The quantitative estimate of drug-likeness (QED) is 0.832. The number of benzene rings is 1. The molecule has 0 saturated heterocycles. The number of nitrogens with two attached hydrogens (primary N) is 1. The lowest BCUT2D eigenvalue weighted by Gasteiger charge is -2.09. The van der Waals surface area contributed by atoms with E-state index in [1.165, 1.54) is 0 Å². The Morgan fingerprint density at radius 1 is 1.28 bits per heavy atom. The second-order valence-electron chi connectivity index (χ2n) is 5.44. The summed E-state index contributed by atoms with van der Waals surface area (Å²) in [4.78, 5) is 15.4. The van der Waals surface area contributed by atoms with E-state index >= 15 is 0 Å².